The molecule has 1 rings (SSSR count). The van der Waals surface area contributed by atoms with Crippen LogP contribution in [0.15, 0.2) is 30.3 Å². The summed E-state index contributed by atoms with van der Waals surface area (Å²) in [6, 6.07) is 9.04. The van der Waals surface area contributed by atoms with Gasteiger partial charge in [0.2, 0.25) is 0 Å². The number of hydrogen-bond donors (Lipinski definition) is 0. The van der Waals surface area contributed by atoms with Crippen molar-refractivity contribution < 1.29 is 19.1 Å². The molecule has 0 heterocycles. The molecule has 0 bridgehead atoms. The van der Waals surface area contributed by atoms with Crippen LogP contribution in [0, 0.1) is 0 Å². The first kappa shape index (κ1) is 20.2. The van der Waals surface area contributed by atoms with Crippen LogP contribution in [-0.4, -0.2) is 23.1 Å². The summed E-state index contributed by atoms with van der Waals surface area (Å²) in [6.07, 6.45) is 0.980. The largest absolute Gasteiger partial charge is 0.459 e. The second-order valence-electron chi connectivity index (χ2n) is 8.03. The summed E-state index contributed by atoms with van der Waals surface area (Å²) in [6.45, 7) is 12.7. The molecule has 0 fully saturated rings. The van der Waals surface area contributed by atoms with Gasteiger partial charge in [-0.25, -0.2) is 0 Å². The van der Waals surface area contributed by atoms with Crippen molar-refractivity contribution in [2.75, 3.05) is 0 Å². The van der Waals surface area contributed by atoms with Gasteiger partial charge in [0.1, 0.15) is 11.2 Å². The molecule has 0 unspecified atom stereocenters. The predicted octanol–water partition coefficient (Wildman–Crippen LogP) is 4.41. The maximum atomic E-state index is 13.1. The molecule has 24 heavy (non-hydrogen) atoms. The van der Waals surface area contributed by atoms with E-state index in [1.54, 1.807) is 53.7 Å². The maximum absolute atomic E-state index is 13.1. The van der Waals surface area contributed by atoms with Crippen LogP contribution in [0.2, 0.25) is 0 Å². The number of ether oxygens (including phenoxy) is 2. The van der Waals surface area contributed by atoms with Crippen molar-refractivity contribution in [2.45, 2.75) is 77.9 Å². The van der Waals surface area contributed by atoms with Crippen molar-refractivity contribution in [3.05, 3.63) is 35.9 Å². The van der Waals surface area contributed by atoms with E-state index < -0.39 is 28.6 Å². The number of hydrogen-bond acceptors (Lipinski definition) is 4. The molecule has 0 N–H and O–H groups in total. The minimum absolute atomic E-state index is 0.334. The van der Waals surface area contributed by atoms with Crippen LogP contribution < -0.4 is 0 Å². The number of esters is 2. The first-order chi connectivity index (χ1) is 10.9. The van der Waals surface area contributed by atoms with Gasteiger partial charge in [0.25, 0.3) is 0 Å². The highest BCUT2D eigenvalue weighted by atomic mass is 16.6. The monoisotopic (exact) mass is 334 g/mol. The highest BCUT2D eigenvalue weighted by Gasteiger charge is 2.51. The van der Waals surface area contributed by atoms with Crippen LogP contribution in [0.3, 0.4) is 0 Å². The van der Waals surface area contributed by atoms with E-state index in [4.69, 9.17) is 9.47 Å². The van der Waals surface area contributed by atoms with Gasteiger partial charge in [-0.2, -0.15) is 0 Å². The van der Waals surface area contributed by atoms with Gasteiger partial charge in [0, 0.05) is 0 Å². The Kier molecular flexibility index (Phi) is 6.20. The Balaban J connectivity index is 3.46. The molecule has 0 aliphatic carbocycles. The van der Waals surface area contributed by atoms with Crippen LogP contribution in [0.4, 0.5) is 0 Å². The average molecular weight is 334 g/mol. The van der Waals surface area contributed by atoms with E-state index in [1.165, 1.54) is 0 Å². The maximum Gasteiger partial charge on any atom is 0.328 e. The molecule has 0 spiro atoms. The Labute approximate surface area is 145 Å². The lowest BCUT2D eigenvalue weighted by molar-refractivity contribution is -0.178. The number of carbonyl (C=O) groups excluding carboxylic acids is 2. The Bertz CT molecular complexity index is 534. The molecule has 0 aliphatic heterocycles. The molecule has 4 nitrogen and oxygen atoms in total. The van der Waals surface area contributed by atoms with Crippen molar-refractivity contribution in [3.63, 3.8) is 0 Å². The molecule has 4 heteroatoms. The Hall–Kier alpha value is -1.84. The van der Waals surface area contributed by atoms with Crippen LogP contribution in [-0.2, 0) is 24.5 Å². The normalized spacial score (nSPS) is 12.6. The smallest absolute Gasteiger partial charge is 0.328 e. The SMILES string of the molecule is CCCC(C(=O)OC(C)(C)C)(C(=O)OC(C)(C)C)c1ccccc1. The fraction of sp³-hybridized carbons (Fsp3) is 0.600. The third-order valence-corrected chi connectivity index (χ3v) is 3.39. The van der Waals surface area contributed by atoms with E-state index in [1.807, 2.05) is 25.1 Å². The molecular weight excluding hydrogens is 304 g/mol. The summed E-state index contributed by atoms with van der Waals surface area (Å²) >= 11 is 0. The van der Waals surface area contributed by atoms with Gasteiger partial charge in [-0.15, -0.1) is 0 Å². The Morgan fingerprint density at radius 2 is 1.25 bits per heavy atom. The Morgan fingerprint density at radius 3 is 1.58 bits per heavy atom. The highest BCUT2D eigenvalue weighted by Crippen LogP contribution is 2.35. The van der Waals surface area contributed by atoms with Crippen molar-refractivity contribution >= 4 is 11.9 Å². The van der Waals surface area contributed by atoms with Gasteiger partial charge < -0.3 is 9.47 Å². The minimum atomic E-state index is -1.45. The predicted molar refractivity (Wildman–Crippen MR) is 94.7 cm³/mol. The first-order valence-corrected chi connectivity index (χ1v) is 8.45. The lowest BCUT2D eigenvalue weighted by Crippen LogP contribution is -2.50. The quantitative estimate of drug-likeness (QED) is 0.591. The fourth-order valence-electron chi connectivity index (χ4n) is 2.50. The highest BCUT2D eigenvalue weighted by molar-refractivity contribution is 6.06. The molecule has 0 saturated carbocycles. The van der Waals surface area contributed by atoms with E-state index in [2.05, 4.69) is 0 Å². The second-order valence-corrected chi connectivity index (χ2v) is 8.03. The fourth-order valence-corrected chi connectivity index (χ4v) is 2.50. The lowest BCUT2D eigenvalue weighted by Gasteiger charge is -2.35. The van der Waals surface area contributed by atoms with E-state index >= 15 is 0 Å². The van der Waals surface area contributed by atoms with Crippen molar-refractivity contribution in [1.82, 2.24) is 0 Å². The zero-order valence-corrected chi connectivity index (χ0v) is 15.9. The average Bonchev–Trinajstić information content (AvgIpc) is 2.41. The number of benzene rings is 1. The zero-order valence-electron chi connectivity index (χ0n) is 15.9. The summed E-state index contributed by atoms with van der Waals surface area (Å²) in [7, 11) is 0. The molecule has 134 valence electrons. The van der Waals surface area contributed by atoms with Gasteiger partial charge in [-0.05, 0) is 53.5 Å². The number of rotatable bonds is 5. The van der Waals surface area contributed by atoms with Gasteiger partial charge >= 0.3 is 11.9 Å². The zero-order chi connectivity index (χ0) is 18.6. The summed E-state index contributed by atoms with van der Waals surface area (Å²) in [5, 5.41) is 0. The number of carbonyl (C=O) groups is 2. The van der Waals surface area contributed by atoms with E-state index in [-0.39, 0.29) is 0 Å². The third kappa shape index (κ3) is 5.08. The summed E-state index contributed by atoms with van der Waals surface area (Å²) < 4.78 is 11.2. The minimum Gasteiger partial charge on any atom is -0.459 e. The van der Waals surface area contributed by atoms with E-state index in [9.17, 15) is 9.59 Å². The van der Waals surface area contributed by atoms with Crippen molar-refractivity contribution in [2.24, 2.45) is 0 Å². The molecule has 0 amide bonds. The summed E-state index contributed by atoms with van der Waals surface area (Å²) in [5.74, 6) is -1.12. The summed E-state index contributed by atoms with van der Waals surface area (Å²) in [4.78, 5) is 26.2. The molecule has 1 aromatic rings. The Morgan fingerprint density at radius 1 is 0.833 bits per heavy atom. The van der Waals surface area contributed by atoms with Gasteiger partial charge in [-0.3, -0.25) is 9.59 Å². The molecular formula is C20H30O4. The van der Waals surface area contributed by atoms with Gasteiger partial charge in [-0.1, -0.05) is 43.7 Å². The molecule has 1 aromatic carbocycles. The van der Waals surface area contributed by atoms with Crippen LogP contribution >= 0.6 is 0 Å². The third-order valence-electron chi connectivity index (χ3n) is 3.39. The van der Waals surface area contributed by atoms with Gasteiger partial charge in [0.05, 0.1) is 0 Å². The topological polar surface area (TPSA) is 52.6 Å². The van der Waals surface area contributed by atoms with Crippen molar-refractivity contribution in [1.29, 1.82) is 0 Å². The lowest BCUT2D eigenvalue weighted by atomic mass is 9.76. The summed E-state index contributed by atoms with van der Waals surface area (Å²) in [5.41, 5.74) is -2.22. The first-order valence-electron chi connectivity index (χ1n) is 8.45. The van der Waals surface area contributed by atoms with E-state index in [0.29, 0.717) is 18.4 Å². The standard InChI is InChI=1S/C20H30O4/c1-8-14-20(15-12-10-9-11-13-15,16(21)23-18(2,3)4)17(22)24-19(5,6)7/h9-13H,8,14H2,1-7H3. The molecule has 0 aliphatic rings. The van der Waals surface area contributed by atoms with E-state index in [0.717, 1.165) is 0 Å². The second kappa shape index (κ2) is 7.37. The van der Waals surface area contributed by atoms with Crippen LogP contribution in [0.25, 0.3) is 0 Å². The van der Waals surface area contributed by atoms with Crippen molar-refractivity contribution in [3.8, 4) is 0 Å². The van der Waals surface area contributed by atoms with Crippen LogP contribution in [0.1, 0.15) is 66.9 Å². The van der Waals surface area contributed by atoms with Gasteiger partial charge in [0.15, 0.2) is 5.41 Å². The molecule has 0 saturated heterocycles. The van der Waals surface area contributed by atoms with Crippen LogP contribution in [0.5, 0.6) is 0 Å². The molecule has 0 atom stereocenters. The molecule has 0 radical (unpaired) electrons. The molecule has 0 aromatic heterocycles.